The predicted octanol–water partition coefficient (Wildman–Crippen LogP) is 4.31. The second kappa shape index (κ2) is 7.36. The second-order valence-electron chi connectivity index (χ2n) is 6.54. The van der Waals surface area contributed by atoms with Crippen molar-refractivity contribution in [3.05, 3.63) is 58.6 Å². The Balaban J connectivity index is 1.68. The van der Waals surface area contributed by atoms with Gasteiger partial charge in [-0.25, -0.2) is 9.67 Å². The fourth-order valence-electron chi connectivity index (χ4n) is 2.98. The third-order valence-corrected chi connectivity index (χ3v) is 5.25. The van der Waals surface area contributed by atoms with E-state index in [0.717, 1.165) is 11.8 Å². The molecule has 0 fully saturated rings. The molecule has 4 aromatic heterocycles. The molecule has 138 valence electrons. The molecule has 0 saturated carbocycles. The Morgan fingerprint density at radius 1 is 1.33 bits per heavy atom. The van der Waals surface area contributed by atoms with E-state index in [1.165, 1.54) is 4.88 Å². The Morgan fingerprint density at radius 3 is 2.93 bits per heavy atom. The SMILES string of the molecule is CC(C)n1ncc2c(C(=O)NCCc3cccs3)cc(-c3ccco3)nc21. The number of aromatic nitrogens is 3. The molecule has 0 aliphatic carbocycles. The van der Waals surface area contributed by atoms with Crippen molar-refractivity contribution in [2.75, 3.05) is 6.54 Å². The number of furan rings is 1. The lowest BCUT2D eigenvalue weighted by molar-refractivity contribution is 0.0956. The molecule has 0 radical (unpaired) electrons. The summed E-state index contributed by atoms with van der Waals surface area (Å²) in [7, 11) is 0. The van der Waals surface area contributed by atoms with E-state index in [0.29, 0.717) is 29.2 Å². The Bertz CT molecular complexity index is 1050. The molecule has 4 heterocycles. The Labute approximate surface area is 160 Å². The Morgan fingerprint density at radius 2 is 2.22 bits per heavy atom. The second-order valence-corrected chi connectivity index (χ2v) is 7.57. The van der Waals surface area contributed by atoms with Gasteiger partial charge in [-0.3, -0.25) is 4.79 Å². The largest absolute Gasteiger partial charge is 0.463 e. The summed E-state index contributed by atoms with van der Waals surface area (Å²) in [6, 6.07) is 9.64. The lowest BCUT2D eigenvalue weighted by atomic mass is 10.1. The Kier molecular flexibility index (Phi) is 4.77. The highest BCUT2D eigenvalue weighted by Crippen LogP contribution is 2.26. The smallest absolute Gasteiger partial charge is 0.252 e. The van der Waals surface area contributed by atoms with Crippen LogP contribution in [0.5, 0.6) is 0 Å². The maximum atomic E-state index is 12.9. The van der Waals surface area contributed by atoms with E-state index in [4.69, 9.17) is 9.40 Å². The van der Waals surface area contributed by atoms with E-state index in [1.807, 2.05) is 42.1 Å². The standard InChI is InChI=1S/C20H20N4O2S/c1-13(2)24-19-16(12-22-24)15(11-17(23-19)18-6-3-9-26-18)20(25)21-8-7-14-5-4-10-27-14/h3-6,9-13H,7-8H2,1-2H3,(H,21,25). The molecule has 0 saturated heterocycles. The first-order valence-corrected chi connectivity index (χ1v) is 9.74. The van der Waals surface area contributed by atoms with Gasteiger partial charge >= 0.3 is 0 Å². The minimum absolute atomic E-state index is 0.130. The molecular formula is C20H20N4O2S. The summed E-state index contributed by atoms with van der Waals surface area (Å²) < 4.78 is 7.31. The highest BCUT2D eigenvalue weighted by atomic mass is 32.1. The van der Waals surface area contributed by atoms with Crippen LogP contribution in [0.15, 0.2) is 52.6 Å². The molecule has 4 rings (SSSR count). The molecule has 0 bridgehead atoms. The van der Waals surface area contributed by atoms with Crippen molar-refractivity contribution in [1.82, 2.24) is 20.1 Å². The number of nitrogens with zero attached hydrogens (tertiary/aromatic N) is 3. The number of carbonyl (C=O) groups excluding carboxylic acids is 1. The zero-order chi connectivity index (χ0) is 18.8. The average Bonchev–Trinajstić information content (AvgIpc) is 3.40. The summed E-state index contributed by atoms with van der Waals surface area (Å²) in [5.74, 6) is 0.496. The fourth-order valence-corrected chi connectivity index (χ4v) is 3.69. The number of carbonyl (C=O) groups is 1. The van der Waals surface area contributed by atoms with Gasteiger partial charge in [0.05, 0.1) is 23.4 Å². The highest BCUT2D eigenvalue weighted by molar-refractivity contribution is 7.09. The van der Waals surface area contributed by atoms with Gasteiger partial charge in [0, 0.05) is 17.5 Å². The highest BCUT2D eigenvalue weighted by Gasteiger charge is 2.19. The fraction of sp³-hybridized carbons (Fsp3) is 0.250. The molecule has 0 aliphatic heterocycles. The zero-order valence-corrected chi connectivity index (χ0v) is 16.0. The van der Waals surface area contributed by atoms with Crippen LogP contribution in [-0.4, -0.2) is 27.2 Å². The first-order chi connectivity index (χ1) is 13.1. The number of nitrogens with one attached hydrogen (secondary N) is 1. The topological polar surface area (TPSA) is 73.0 Å². The number of amides is 1. The molecule has 27 heavy (non-hydrogen) atoms. The molecule has 1 amide bonds. The first kappa shape index (κ1) is 17.5. The van der Waals surface area contributed by atoms with Crippen LogP contribution in [0.1, 0.15) is 35.1 Å². The van der Waals surface area contributed by atoms with E-state index in [1.54, 1.807) is 29.9 Å². The molecule has 1 N–H and O–H groups in total. The van der Waals surface area contributed by atoms with Gasteiger partial charge in [-0.15, -0.1) is 11.3 Å². The van der Waals surface area contributed by atoms with Crippen molar-refractivity contribution >= 4 is 28.3 Å². The summed E-state index contributed by atoms with van der Waals surface area (Å²) in [5.41, 5.74) is 1.87. The van der Waals surface area contributed by atoms with Crippen molar-refractivity contribution in [2.24, 2.45) is 0 Å². The lowest BCUT2D eigenvalue weighted by Crippen LogP contribution is -2.25. The van der Waals surface area contributed by atoms with Gasteiger partial charge in [-0.2, -0.15) is 5.10 Å². The van der Waals surface area contributed by atoms with Crippen LogP contribution >= 0.6 is 11.3 Å². The monoisotopic (exact) mass is 380 g/mol. The molecule has 0 aromatic carbocycles. The molecular weight excluding hydrogens is 360 g/mol. The molecule has 0 unspecified atom stereocenters. The van der Waals surface area contributed by atoms with Crippen LogP contribution in [0.4, 0.5) is 0 Å². The van der Waals surface area contributed by atoms with E-state index >= 15 is 0 Å². The van der Waals surface area contributed by atoms with Gasteiger partial charge < -0.3 is 9.73 Å². The van der Waals surface area contributed by atoms with Crippen LogP contribution in [0.2, 0.25) is 0 Å². The number of fused-ring (bicyclic) bond motifs is 1. The van der Waals surface area contributed by atoms with Gasteiger partial charge in [-0.05, 0) is 49.9 Å². The molecule has 7 heteroatoms. The van der Waals surface area contributed by atoms with Gasteiger partial charge in [0.25, 0.3) is 5.91 Å². The van der Waals surface area contributed by atoms with Crippen LogP contribution in [0.25, 0.3) is 22.5 Å². The Hall–Kier alpha value is -2.93. The predicted molar refractivity (Wildman–Crippen MR) is 106 cm³/mol. The molecule has 4 aromatic rings. The molecule has 6 nitrogen and oxygen atoms in total. The van der Waals surface area contributed by atoms with Crippen LogP contribution in [0.3, 0.4) is 0 Å². The van der Waals surface area contributed by atoms with Gasteiger partial charge in [0.2, 0.25) is 0 Å². The summed E-state index contributed by atoms with van der Waals surface area (Å²) in [6.45, 7) is 4.65. The van der Waals surface area contributed by atoms with Crippen molar-refractivity contribution in [2.45, 2.75) is 26.3 Å². The van der Waals surface area contributed by atoms with Crippen LogP contribution in [-0.2, 0) is 6.42 Å². The van der Waals surface area contributed by atoms with E-state index in [2.05, 4.69) is 16.5 Å². The maximum Gasteiger partial charge on any atom is 0.252 e. The van der Waals surface area contributed by atoms with Crippen LogP contribution in [0, 0.1) is 0 Å². The lowest BCUT2D eigenvalue weighted by Gasteiger charge is -2.10. The zero-order valence-electron chi connectivity index (χ0n) is 15.2. The van der Waals surface area contributed by atoms with Crippen molar-refractivity contribution in [1.29, 1.82) is 0 Å². The summed E-state index contributed by atoms with van der Waals surface area (Å²) in [5, 5.41) is 10.2. The third kappa shape index (κ3) is 3.50. The van der Waals surface area contributed by atoms with Gasteiger partial charge in [-0.1, -0.05) is 6.07 Å². The van der Waals surface area contributed by atoms with Crippen molar-refractivity contribution in [3.8, 4) is 11.5 Å². The summed E-state index contributed by atoms with van der Waals surface area (Å²) in [6.07, 6.45) is 4.12. The number of hydrogen-bond donors (Lipinski definition) is 1. The average molecular weight is 380 g/mol. The van der Waals surface area contributed by atoms with Gasteiger partial charge in [0.15, 0.2) is 11.4 Å². The van der Waals surface area contributed by atoms with E-state index < -0.39 is 0 Å². The molecule has 0 atom stereocenters. The number of rotatable bonds is 6. The third-order valence-electron chi connectivity index (χ3n) is 4.31. The number of thiophene rings is 1. The quantitative estimate of drug-likeness (QED) is 0.541. The van der Waals surface area contributed by atoms with E-state index in [-0.39, 0.29) is 11.9 Å². The number of pyridine rings is 1. The van der Waals surface area contributed by atoms with Crippen LogP contribution < -0.4 is 5.32 Å². The van der Waals surface area contributed by atoms with Gasteiger partial charge in [0.1, 0.15) is 5.69 Å². The number of hydrogen-bond acceptors (Lipinski definition) is 5. The van der Waals surface area contributed by atoms with E-state index in [9.17, 15) is 4.79 Å². The maximum absolute atomic E-state index is 12.9. The molecule has 0 aliphatic rings. The summed E-state index contributed by atoms with van der Waals surface area (Å²) >= 11 is 1.69. The molecule has 0 spiro atoms. The minimum atomic E-state index is -0.130. The minimum Gasteiger partial charge on any atom is -0.463 e. The summed E-state index contributed by atoms with van der Waals surface area (Å²) in [4.78, 5) is 18.8. The normalized spacial score (nSPS) is 11.4. The van der Waals surface area contributed by atoms with Crippen molar-refractivity contribution < 1.29 is 9.21 Å². The van der Waals surface area contributed by atoms with Crippen molar-refractivity contribution in [3.63, 3.8) is 0 Å². The first-order valence-electron chi connectivity index (χ1n) is 8.86.